The van der Waals surface area contributed by atoms with Crippen molar-refractivity contribution in [3.8, 4) is 5.75 Å². The summed E-state index contributed by atoms with van der Waals surface area (Å²) in [5, 5.41) is 2.84. The molecule has 3 rings (SSSR count). The quantitative estimate of drug-likeness (QED) is 0.674. The summed E-state index contributed by atoms with van der Waals surface area (Å²) in [5.74, 6) is 0.297. The van der Waals surface area contributed by atoms with Gasteiger partial charge in [-0.3, -0.25) is 13.9 Å². The van der Waals surface area contributed by atoms with Crippen LogP contribution in [0.4, 0.5) is 17.1 Å². The first-order valence-corrected chi connectivity index (χ1v) is 12.0. The van der Waals surface area contributed by atoms with E-state index in [1.165, 1.54) is 11.4 Å². The molecule has 0 unspecified atom stereocenters. The van der Waals surface area contributed by atoms with Crippen molar-refractivity contribution in [1.29, 1.82) is 0 Å². The van der Waals surface area contributed by atoms with Gasteiger partial charge in [-0.25, -0.2) is 8.42 Å². The van der Waals surface area contributed by atoms with Crippen molar-refractivity contribution in [3.63, 3.8) is 0 Å². The van der Waals surface area contributed by atoms with E-state index in [1.54, 1.807) is 41.3 Å². The third kappa shape index (κ3) is 5.55. The number of nitrogens with zero attached hydrogens (tertiary/aromatic N) is 2. The maximum absolute atomic E-state index is 12.7. The molecule has 2 aromatic carbocycles. The van der Waals surface area contributed by atoms with Gasteiger partial charge in [-0.1, -0.05) is 6.92 Å². The van der Waals surface area contributed by atoms with Gasteiger partial charge in [-0.2, -0.15) is 0 Å². The van der Waals surface area contributed by atoms with Gasteiger partial charge in [0.2, 0.25) is 15.9 Å². The third-order valence-electron chi connectivity index (χ3n) is 5.16. The number of sulfonamides is 1. The van der Waals surface area contributed by atoms with Crippen LogP contribution in [0.2, 0.25) is 0 Å². The molecule has 1 N–H and O–H groups in total. The Kier molecular flexibility index (Phi) is 6.84. The third-order valence-corrected chi connectivity index (χ3v) is 6.37. The van der Waals surface area contributed by atoms with Crippen molar-refractivity contribution in [2.45, 2.75) is 32.3 Å². The second kappa shape index (κ2) is 9.38. The smallest absolute Gasteiger partial charge is 0.265 e. The number of amides is 2. The van der Waals surface area contributed by atoms with E-state index in [-0.39, 0.29) is 11.8 Å². The lowest BCUT2D eigenvalue weighted by molar-refractivity contribution is -0.122. The van der Waals surface area contributed by atoms with Crippen LogP contribution in [0.15, 0.2) is 48.5 Å². The minimum atomic E-state index is -3.35. The SMILES string of the molecule is CC[C@@H](Oc1ccc(N(C)S(C)(=O)=O)cc1)C(=O)Nc1ccc(N2CCCC2=O)cc1. The van der Waals surface area contributed by atoms with E-state index in [0.717, 1.165) is 24.9 Å². The first kappa shape index (κ1) is 22.6. The van der Waals surface area contributed by atoms with E-state index in [9.17, 15) is 18.0 Å². The molecular formula is C22H27N3O5S. The summed E-state index contributed by atoms with van der Waals surface area (Å²) in [6.07, 6.45) is 2.30. The zero-order chi connectivity index (χ0) is 22.6. The van der Waals surface area contributed by atoms with Crippen molar-refractivity contribution >= 4 is 38.9 Å². The lowest BCUT2D eigenvalue weighted by atomic mass is 10.2. The molecule has 0 radical (unpaired) electrons. The molecule has 8 nitrogen and oxygen atoms in total. The molecule has 1 aliphatic heterocycles. The van der Waals surface area contributed by atoms with Gasteiger partial charge >= 0.3 is 0 Å². The molecule has 0 spiro atoms. The summed E-state index contributed by atoms with van der Waals surface area (Å²) in [7, 11) is -1.88. The molecule has 0 saturated carbocycles. The number of ether oxygens (including phenoxy) is 1. The molecule has 0 bridgehead atoms. The molecular weight excluding hydrogens is 418 g/mol. The zero-order valence-corrected chi connectivity index (χ0v) is 18.7. The largest absolute Gasteiger partial charge is 0.481 e. The van der Waals surface area contributed by atoms with E-state index < -0.39 is 16.1 Å². The summed E-state index contributed by atoms with van der Waals surface area (Å²) in [6.45, 7) is 2.56. The van der Waals surface area contributed by atoms with Crippen molar-refractivity contribution in [2.24, 2.45) is 0 Å². The maximum Gasteiger partial charge on any atom is 0.265 e. The van der Waals surface area contributed by atoms with Gasteiger partial charge in [0, 0.05) is 31.4 Å². The summed E-state index contributed by atoms with van der Waals surface area (Å²) < 4.78 is 30.2. The molecule has 1 heterocycles. The first-order chi connectivity index (χ1) is 14.7. The Morgan fingerprint density at radius 2 is 1.81 bits per heavy atom. The van der Waals surface area contributed by atoms with E-state index in [2.05, 4.69) is 5.32 Å². The number of benzene rings is 2. The van der Waals surface area contributed by atoms with Crippen LogP contribution in [0.25, 0.3) is 0 Å². The predicted molar refractivity (Wildman–Crippen MR) is 121 cm³/mol. The lowest BCUT2D eigenvalue weighted by Crippen LogP contribution is -2.32. The van der Waals surface area contributed by atoms with E-state index in [0.29, 0.717) is 30.0 Å². The molecule has 2 amide bonds. The minimum Gasteiger partial charge on any atom is -0.481 e. The fraction of sp³-hybridized carbons (Fsp3) is 0.364. The summed E-state index contributed by atoms with van der Waals surface area (Å²) in [6, 6.07) is 13.7. The Bertz CT molecular complexity index is 1040. The van der Waals surface area contributed by atoms with Crippen molar-refractivity contribution < 1.29 is 22.7 Å². The molecule has 9 heteroatoms. The highest BCUT2D eigenvalue weighted by molar-refractivity contribution is 7.92. The Morgan fingerprint density at radius 1 is 1.16 bits per heavy atom. The lowest BCUT2D eigenvalue weighted by Gasteiger charge is -2.20. The highest BCUT2D eigenvalue weighted by atomic mass is 32.2. The van der Waals surface area contributed by atoms with Crippen LogP contribution < -0.4 is 19.3 Å². The molecule has 166 valence electrons. The van der Waals surface area contributed by atoms with Crippen LogP contribution in [0, 0.1) is 0 Å². The van der Waals surface area contributed by atoms with Crippen LogP contribution in [0.1, 0.15) is 26.2 Å². The van der Waals surface area contributed by atoms with Gasteiger partial charge in [0.1, 0.15) is 5.75 Å². The summed E-state index contributed by atoms with van der Waals surface area (Å²) >= 11 is 0. The second-order valence-electron chi connectivity index (χ2n) is 7.42. The Hall–Kier alpha value is -3.07. The van der Waals surface area contributed by atoms with Crippen LogP contribution >= 0.6 is 0 Å². The van der Waals surface area contributed by atoms with E-state index in [1.807, 2.05) is 19.1 Å². The van der Waals surface area contributed by atoms with Gasteiger partial charge in [-0.15, -0.1) is 0 Å². The van der Waals surface area contributed by atoms with Gasteiger partial charge in [0.15, 0.2) is 6.10 Å². The normalized spacial score (nSPS) is 14.9. The average Bonchev–Trinajstić information content (AvgIpc) is 3.17. The first-order valence-electron chi connectivity index (χ1n) is 10.1. The fourth-order valence-electron chi connectivity index (χ4n) is 3.28. The molecule has 31 heavy (non-hydrogen) atoms. The molecule has 0 aliphatic carbocycles. The maximum atomic E-state index is 12.7. The number of carbonyl (C=O) groups excluding carboxylic acids is 2. The van der Waals surface area contributed by atoms with Crippen molar-refractivity contribution in [2.75, 3.05) is 34.4 Å². The van der Waals surface area contributed by atoms with Crippen molar-refractivity contribution in [1.82, 2.24) is 0 Å². The van der Waals surface area contributed by atoms with Gasteiger partial charge in [0.05, 0.1) is 11.9 Å². The van der Waals surface area contributed by atoms with Crippen LogP contribution in [-0.2, 0) is 19.6 Å². The summed E-state index contributed by atoms with van der Waals surface area (Å²) in [5.41, 5.74) is 1.94. The van der Waals surface area contributed by atoms with Crippen LogP contribution in [0.3, 0.4) is 0 Å². The van der Waals surface area contributed by atoms with Gasteiger partial charge in [-0.05, 0) is 61.4 Å². The molecule has 1 saturated heterocycles. The average molecular weight is 446 g/mol. The monoisotopic (exact) mass is 445 g/mol. The molecule has 0 aromatic heterocycles. The topological polar surface area (TPSA) is 96.0 Å². The molecule has 2 aromatic rings. The Morgan fingerprint density at radius 3 is 2.32 bits per heavy atom. The van der Waals surface area contributed by atoms with Gasteiger partial charge < -0.3 is 15.0 Å². The number of nitrogens with one attached hydrogen (secondary N) is 1. The minimum absolute atomic E-state index is 0.116. The van der Waals surface area contributed by atoms with E-state index >= 15 is 0 Å². The number of rotatable bonds is 8. The second-order valence-corrected chi connectivity index (χ2v) is 9.44. The standard InChI is InChI=1S/C22H27N3O5S/c1-4-20(30-19-13-11-17(12-14-19)24(2)31(3,28)29)22(27)23-16-7-9-18(10-8-16)25-15-5-6-21(25)26/h7-14,20H,4-6,15H2,1-3H3,(H,23,27)/t20-/m1/s1. The fourth-order valence-corrected chi connectivity index (χ4v) is 3.79. The van der Waals surface area contributed by atoms with Crippen LogP contribution in [0.5, 0.6) is 5.75 Å². The van der Waals surface area contributed by atoms with Crippen molar-refractivity contribution in [3.05, 3.63) is 48.5 Å². The molecule has 1 aliphatic rings. The highest BCUT2D eigenvalue weighted by Gasteiger charge is 2.22. The summed E-state index contributed by atoms with van der Waals surface area (Å²) in [4.78, 5) is 26.3. The van der Waals surface area contributed by atoms with E-state index in [4.69, 9.17) is 4.74 Å². The molecule has 1 atom stereocenters. The number of hydrogen-bond acceptors (Lipinski definition) is 5. The zero-order valence-electron chi connectivity index (χ0n) is 17.9. The Labute approximate surface area is 182 Å². The molecule has 1 fully saturated rings. The number of hydrogen-bond donors (Lipinski definition) is 1. The highest BCUT2D eigenvalue weighted by Crippen LogP contribution is 2.24. The van der Waals surface area contributed by atoms with Crippen LogP contribution in [-0.4, -0.2) is 46.2 Å². The van der Waals surface area contributed by atoms with Gasteiger partial charge in [0.25, 0.3) is 5.91 Å². The Balaban J connectivity index is 1.62. The predicted octanol–water partition coefficient (Wildman–Crippen LogP) is 3.01. The number of anilines is 3. The number of carbonyl (C=O) groups is 2.